The molecule has 1 aromatic rings. The first-order chi connectivity index (χ1) is 8.49. The van der Waals surface area contributed by atoms with Crippen molar-refractivity contribution in [2.75, 3.05) is 18.5 Å². The highest BCUT2D eigenvalue weighted by atomic mass is 79.9. The minimum atomic E-state index is -2.52. The number of amides is 1. The lowest BCUT2D eigenvalue weighted by Gasteiger charge is -2.08. The average molecular weight is 343 g/mol. The third kappa shape index (κ3) is 5.75. The molecule has 1 N–H and O–H groups in total. The van der Waals surface area contributed by atoms with Gasteiger partial charge in [0, 0.05) is 4.47 Å². The average Bonchev–Trinajstić information content (AvgIpc) is 2.29. The Kier molecular flexibility index (Phi) is 6.52. The highest BCUT2D eigenvalue weighted by molar-refractivity contribution is 9.10. The molecule has 0 radical (unpaired) electrons. The van der Waals surface area contributed by atoms with Gasteiger partial charge in [0.25, 0.3) is 6.43 Å². The number of anilines is 1. The fourth-order valence-corrected chi connectivity index (χ4v) is 1.67. The lowest BCUT2D eigenvalue weighted by atomic mass is 10.3. The predicted molar refractivity (Wildman–Crippen MR) is 69.2 cm³/mol. The Balaban J connectivity index is 2.38. The van der Waals surface area contributed by atoms with Gasteiger partial charge in [-0.15, -0.1) is 0 Å². The van der Waals surface area contributed by atoms with Crippen LogP contribution in [-0.4, -0.2) is 25.5 Å². The third-order valence-electron chi connectivity index (χ3n) is 1.92. The molecule has 0 aliphatic carbocycles. The highest BCUT2D eigenvalue weighted by Crippen LogP contribution is 2.25. The zero-order valence-corrected chi connectivity index (χ0v) is 11.6. The van der Waals surface area contributed by atoms with Gasteiger partial charge in [-0.3, -0.25) is 4.79 Å². The number of rotatable bonds is 6. The van der Waals surface area contributed by atoms with Crippen molar-refractivity contribution >= 4 is 39.1 Å². The van der Waals surface area contributed by atoms with Crippen LogP contribution in [0.2, 0.25) is 5.02 Å². The van der Waals surface area contributed by atoms with Crippen LogP contribution in [0.15, 0.2) is 22.7 Å². The molecule has 0 bridgehead atoms. The molecule has 3 nitrogen and oxygen atoms in total. The molecule has 18 heavy (non-hydrogen) atoms. The van der Waals surface area contributed by atoms with E-state index in [9.17, 15) is 13.6 Å². The first-order valence-electron chi connectivity index (χ1n) is 5.10. The number of hydrogen-bond acceptors (Lipinski definition) is 2. The molecule has 1 rings (SSSR count). The number of alkyl halides is 2. The fraction of sp³-hybridized carbons (Fsp3) is 0.364. The molecular formula is C11H11BrClF2NO2. The summed E-state index contributed by atoms with van der Waals surface area (Å²) in [6, 6.07) is 5.03. The molecule has 0 atom stereocenters. The maximum absolute atomic E-state index is 11.8. The van der Waals surface area contributed by atoms with Gasteiger partial charge in [-0.2, -0.15) is 0 Å². The van der Waals surface area contributed by atoms with Crippen molar-refractivity contribution in [1.29, 1.82) is 0 Å². The lowest BCUT2D eigenvalue weighted by Crippen LogP contribution is -2.15. The number of carbonyl (C=O) groups is 1. The van der Waals surface area contributed by atoms with E-state index < -0.39 is 13.0 Å². The van der Waals surface area contributed by atoms with E-state index in [-0.39, 0.29) is 18.9 Å². The SMILES string of the molecule is O=C(CCOCC(F)F)Nc1cc(Br)ccc1Cl. The van der Waals surface area contributed by atoms with Gasteiger partial charge in [0.05, 0.1) is 23.7 Å². The molecule has 0 unspecified atom stereocenters. The Hall–Kier alpha value is -0.720. The zero-order chi connectivity index (χ0) is 13.5. The Morgan fingerprint density at radius 3 is 2.89 bits per heavy atom. The summed E-state index contributed by atoms with van der Waals surface area (Å²) in [7, 11) is 0. The van der Waals surface area contributed by atoms with E-state index >= 15 is 0 Å². The Morgan fingerprint density at radius 1 is 1.50 bits per heavy atom. The molecule has 0 aliphatic heterocycles. The van der Waals surface area contributed by atoms with Crippen molar-refractivity contribution in [3.63, 3.8) is 0 Å². The van der Waals surface area contributed by atoms with Crippen LogP contribution in [-0.2, 0) is 9.53 Å². The van der Waals surface area contributed by atoms with Crippen molar-refractivity contribution in [3.8, 4) is 0 Å². The number of nitrogens with one attached hydrogen (secondary N) is 1. The number of hydrogen-bond donors (Lipinski definition) is 1. The first kappa shape index (κ1) is 15.3. The van der Waals surface area contributed by atoms with E-state index in [4.69, 9.17) is 11.6 Å². The minimum Gasteiger partial charge on any atom is -0.375 e. The van der Waals surface area contributed by atoms with Crippen molar-refractivity contribution in [2.24, 2.45) is 0 Å². The summed E-state index contributed by atoms with van der Waals surface area (Å²) in [6.45, 7) is -0.716. The van der Waals surface area contributed by atoms with Crippen molar-refractivity contribution in [1.82, 2.24) is 0 Å². The second kappa shape index (κ2) is 7.66. The standard InChI is InChI=1S/C11H11BrClF2NO2/c12-7-1-2-8(13)9(5-7)16-11(17)3-4-18-6-10(14)15/h1-2,5,10H,3-4,6H2,(H,16,17). The van der Waals surface area contributed by atoms with Crippen molar-refractivity contribution in [3.05, 3.63) is 27.7 Å². The summed E-state index contributed by atoms with van der Waals surface area (Å²) < 4.78 is 28.9. The first-order valence-corrected chi connectivity index (χ1v) is 6.27. The Labute approximate surface area is 117 Å². The van der Waals surface area contributed by atoms with Gasteiger partial charge in [0.15, 0.2) is 0 Å². The second-order valence-corrected chi connectivity index (χ2v) is 4.71. The summed E-state index contributed by atoms with van der Waals surface area (Å²) in [5.74, 6) is -0.343. The fourth-order valence-electron chi connectivity index (χ4n) is 1.14. The lowest BCUT2D eigenvalue weighted by molar-refractivity contribution is -0.117. The Bertz CT molecular complexity index is 418. The maximum Gasteiger partial charge on any atom is 0.261 e. The predicted octanol–water partition coefficient (Wildman–Crippen LogP) is 3.71. The van der Waals surface area contributed by atoms with E-state index in [2.05, 4.69) is 26.0 Å². The summed E-state index contributed by atoms with van der Waals surface area (Å²) >= 11 is 9.13. The molecule has 7 heteroatoms. The topological polar surface area (TPSA) is 38.3 Å². The molecule has 0 heterocycles. The monoisotopic (exact) mass is 341 g/mol. The number of ether oxygens (including phenoxy) is 1. The van der Waals surface area contributed by atoms with Crippen LogP contribution in [0.5, 0.6) is 0 Å². The van der Waals surface area contributed by atoms with E-state index in [1.807, 2.05) is 0 Å². The van der Waals surface area contributed by atoms with E-state index in [0.29, 0.717) is 10.7 Å². The van der Waals surface area contributed by atoms with Gasteiger partial charge in [-0.05, 0) is 18.2 Å². The molecule has 0 spiro atoms. The summed E-state index contributed by atoms with van der Waals surface area (Å²) in [5.41, 5.74) is 0.463. The van der Waals surface area contributed by atoms with Gasteiger partial charge in [0.1, 0.15) is 6.61 Å². The molecule has 0 fully saturated rings. The minimum absolute atomic E-state index is 0.00440. The largest absolute Gasteiger partial charge is 0.375 e. The van der Waals surface area contributed by atoms with Crippen LogP contribution in [0.1, 0.15) is 6.42 Å². The van der Waals surface area contributed by atoms with Crippen LogP contribution < -0.4 is 5.32 Å². The van der Waals surface area contributed by atoms with Gasteiger partial charge in [-0.25, -0.2) is 8.78 Å². The van der Waals surface area contributed by atoms with Crippen molar-refractivity contribution in [2.45, 2.75) is 12.8 Å². The molecule has 0 saturated heterocycles. The quantitative estimate of drug-likeness (QED) is 0.800. The van der Waals surface area contributed by atoms with Crippen LogP contribution in [0, 0.1) is 0 Å². The number of halogens is 4. The zero-order valence-electron chi connectivity index (χ0n) is 9.26. The van der Waals surface area contributed by atoms with E-state index in [1.54, 1.807) is 18.2 Å². The van der Waals surface area contributed by atoms with Crippen LogP contribution >= 0.6 is 27.5 Å². The number of benzene rings is 1. The van der Waals surface area contributed by atoms with Crippen molar-refractivity contribution < 1.29 is 18.3 Å². The maximum atomic E-state index is 11.8. The number of carbonyl (C=O) groups excluding carboxylic acids is 1. The van der Waals surface area contributed by atoms with Gasteiger partial charge in [-0.1, -0.05) is 27.5 Å². The van der Waals surface area contributed by atoms with Crippen LogP contribution in [0.4, 0.5) is 14.5 Å². The molecule has 1 amide bonds. The molecule has 0 aliphatic rings. The summed E-state index contributed by atoms with van der Waals surface area (Å²) in [6.07, 6.45) is -2.53. The molecular weight excluding hydrogens is 331 g/mol. The second-order valence-electron chi connectivity index (χ2n) is 3.39. The van der Waals surface area contributed by atoms with Gasteiger partial charge in [0.2, 0.25) is 5.91 Å². The van der Waals surface area contributed by atoms with Crippen LogP contribution in [0.3, 0.4) is 0 Å². The molecule has 1 aromatic carbocycles. The van der Waals surface area contributed by atoms with Gasteiger partial charge < -0.3 is 10.1 Å². The Morgan fingerprint density at radius 2 is 2.22 bits per heavy atom. The molecule has 0 aromatic heterocycles. The summed E-state index contributed by atoms with van der Waals surface area (Å²) in [4.78, 5) is 11.5. The smallest absolute Gasteiger partial charge is 0.261 e. The molecule has 100 valence electrons. The van der Waals surface area contributed by atoms with E-state index in [1.165, 1.54) is 0 Å². The normalized spacial score (nSPS) is 10.7. The van der Waals surface area contributed by atoms with Crippen LogP contribution in [0.25, 0.3) is 0 Å². The van der Waals surface area contributed by atoms with E-state index in [0.717, 1.165) is 4.47 Å². The molecule has 0 saturated carbocycles. The van der Waals surface area contributed by atoms with Gasteiger partial charge >= 0.3 is 0 Å². The summed E-state index contributed by atoms with van der Waals surface area (Å²) in [5, 5.41) is 2.97. The highest BCUT2D eigenvalue weighted by Gasteiger charge is 2.07. The third-order valence-corrected chi connectivity index (χ3v) is 2.74.